The van der Waals surface area contributed by atoms with Crippen LogP contribution >= 0.6 is 0 Å². The Hall–Kier alpha value is -0.0400. The van der Waals surface area contributed by atoms with Crippen molar-refractivity contribution in [2.24, 2.45) is 23.7 Å². The predicted octanol–water partition coefficient (Wildman–Crippen LogP) is 4.49. The van der Waals surface area contributed by atoms with E-state index < -0.39 is 0 Å². The van der Waals surface area contributed by atoms with Gasteiger partial charge in [0.1, 0.15) is 0 Å². The lowest BCUT2D eigenvalue weighted by Gasteiger charge is -2.32. The molecule has 0 saturated heterocycles. The fourth-order valence-corrected chi connectivity index (χ4v) is 2.54. The highest BCUT2D eigenvalue weighted by atomic mass is 16.3. The van der Waals surface area contributed by atoms with Crippen LogP contribution in [0.15, 0.2) is 0 Å². The van der Waals surface area contributed by atoms with Crippen LogP contribution in [0.1, 0.15) is 67.2 Å². The Bertz CT molecular complexity index is 165. The van der Waals surface area contributed by atoms with Crippen LogP contribution in [0.4, 0.5) is 0 Å². The van der Waals surface area contributed by atoms with E-state index in [9.17, 15) is 5.11 Å². The lowest BCUT2D eigenvalue weighted by atomic mass is 9.78. The first kappa shape index (κ1) is 16.0. The van der Waals surface area contributed by atoms with E-state index in [1.807, 2.05) is 0 Å². The van der Waals surface area contributed by atoms with E-state index in [4.69, 9.17) is 0 Å². The Kier molecular flexibility index (Phi) is 8.09. The van der Waals surface area contributed by atoms with Crippen molar-refractivity contribution in [2.45, 2.75) is 73.3 Å². The summed E-state index contributed by atoms with van der Waals surface area (Å²) in [5, 5.41) is 10.5. The van der Waals surface area contributed by atoms with E-state index in [-0.39, 0.29) is 6.10 Å². The van der Waals surface area contributed by atoms with Crippen LogP contribution in [0.2, 0.25) is 0 Å². The lowest BCUT2D eigenvalue weighted by Crippen LogP contribution is -2.32. The fraction of sp³-hybridized carbons (Fsp3) is 1.00. The summed E-state index contributed by atoms with van der Waals surface area (Å²) in [7, 11) is 0. The monoisotopic (exact) mass is 228 g/mol. The van der Waals surface area contributed by atoms with Gasteiger partial charge in [0.05, 0.1) is 6.10 Å². The minimum absolute atomic E-state index is 0.114. The third-order valence-corrected chi connectivity index (χ3v) is 4.00. The largest absolute Gasteiger partial charge is 0.393 e. The van der Waals surface area contributed by atoms with Gasteiger partial charge in [-0.25, -0.2) is 0 Å². The van der Waals surface area contributed by atoms with Crippen LogP contribution < -0.4 is 0 Å². The van der Waals surface area contributed by atoms with Crippen molar-refractivity contribution in [3.8, 4) is 0 Å². The first-order chi connectivity index (χ1) is 7.43. The zero-order valence-electron chi connectivity index (χ0n) is 12.2. The van der Waals surface area contributed by atoms with Gasteiger partial charge in [-0.1, -0.05) is 54.4 Å². The summed E-state index contributed by atoms with van der Waals surface area (Å²) in [5.74, 6) is 2.24. The molecule has 1 heteroatoms. The molecule has 4 unspecified atom stereocenters. The number of rotatable bonds is 8. The lowest BCUT2D eigenvalue weighted by molar-refractivity contribution is 0.0217. The standard InChI is InChI=1S/C15H32O/c1-7-9-14(10-11(3)4)15(16)13(6)12(5)8-2/h11-16H,7-10H2,1-6H3. The molecule has 0 radical (unpaired) electrons. The third-order valence-electron chi connectivity index (χ3n) is 4.00. The first-order valence-electron chi connectivity index (χ1n) is 7.11. The maximum absolute atomic E-state index is 10.5. The molecule has 0 heterocycles. The fourth-order valence-electron chi connectivity index (χ4n) is 2.54. The minimum Gasteiger partial charge on any atom is -0.393 e. The highest BCUT2D eigenvalue weighted by molar-refractivity contribution is 4.77. The normalized spacial score (nSPS) is 19.5. The average Bonchev–Trinajstić information content (AvgIpc) is 2.24. The van der Waals surface area contributed by atoms with Crippen molar-refractivity contribution in [3.05, 3.63) is 0 Å². The molecule has 1 nitrogen and oxygen atoms in total. The van der Waals surface area contributed by atoms with Crippen LogP contribution in [0.25, 0.3) is 0 Å². The molecule has 0 rings (SSSR count). The van der Waals surface area contributed by atoms with Crippen molar-refractivity contribution in [3.63, 3.8) is 0 Å². The molecule has 0 fully saturated rings. The summed E-state index contributed by atoms with van der Waals surface area (Å²) in [5.41, 5.74) is 0. The SMILES string of the molecule is CCCC(CC(C)C)C(O)C(C)C(C)CC. The smallest absolute Gasteiger partial charge is 0.0596 e. The van der Waals surface area contributed by atoms with Crippen LogP contribution in [0.3, 0.4) is 0 Å². The summed E-state index contributed by atoms with van der Waals surface area (Å²) < 4.78 is 0. The van der Waals surface area contributed by atoms with Crippen molar-refractivity contribution in [1.82, 2.24) is 0 Å². The van der Waals surface area contributed by atoms with Gasteiger partial charge >= 0.3 is 0 Å². The molecule has 0 aromatic heterocycles. The van der Waals surface area contributed by atoms with E-state index in [0.29, 0.717) is 23.7 Å². The van der Waals surface area contributed by atoms with Crippen LogP contribution in [0, 0.1) is 23.7 Å². The molecule has 0 bridgehead atoms. The maximum atomic E-state index is 10.5. The van der Waals surface area contributed by atoms with E-state index >= 15 is 0 Å². The molecular formula is C15H32O. The predicted molar refractivity (Wildman–Crippen MR) is 72.5 cm³/mol. The second-order valence-electron chi connectivity index (χ2n) is 5.91. The number of hydrogen-bond acceptors (Lipinski definition) is 1. The quantitative estimate of drug-likeness (QED) is 0.649. The molecule has 4 atom stereocenters. The minimum atomic E-state index is -0.114. The molecule has 16 heavy (non-hydrogen) atoms. The highest BCUT2D eigenvalue weighted by Crippen LogP contribution is 2.29. The van der Waals surface area contributed by atoms with Gasteiger partial charge in [-0.05, 0) is 36.5 Å². The molecule has 0 saturated carbocycles. The Morgan fingerprint density at radius 1 is 1.00 bits per heavy atom. The van der Waals surface area contributed by atoms with Crippen molar-refractivity contribution in [1.29, 1.82) is 0 Å². The molecular weight excluding hydrogens is 196 g/mol. The summed E-state index contributed by atoms with van der Waals surface area (Å²) in [6.45, 7) is 13.4. The molecule has 0 aliphatic carbocycles. The summed E-state index contributed by atoms with van der Waals surface area (Å²) >= 11 is 0. The Morgan fingerprint density at radius 3 is 1.94 bits per heavy atom. The molecule has 1 N–H and O–H groups in total. The van der Waals surface area contributed by atoms with Crippen molar-refractivity contribution >= 4 is 0 Å². The maximum Gasteiger partial charge on any atom is 0.0596 e. The molecule has 0 spiro atoms. The zero-order chi connectivity index (χ0) is 12.7. The number of hydrogen-bond donors (Lipinski definition) is 1. The Balaban J connectivity index is 4.40. The molecule has 0 aromatic rings. The molecule has 0 aliphatic heterocycles. The molecule has 98 valence electrons. The van der Waals surface area contributed by atoms with E-state index in [0.717, 1.165) is 6.42 Å². The zero-order valence-corrected chi connectivity index (χ0v) is 12.2. The van der Waals surface area contributed by atoms with Crippen molar-refractivity contribution < 1.29 is 5.11 Å². The summed E-state index contributed by atoms with van der Waals surface area (Å²) in [6.07, 6.45) is 4.56. The number of aliphatic hydroxyl groups is 1. The summed E-state index contributed by atoms with van der Waals surface area (Å²) in [4.78, 5) is 0. The van der Waals surface area contributed by atoms with Gasteiger partial charge in [-0.15, -0.1) is 0 Å². The average molecular weight is 228 g/mol. The van der Waals surface area contributed by atoms with Gasteiger partial charge < -0.3 is 5.11 Å². The van der Waals surface area contributed by atoms with Crippen LogP contribution in [-0.4, -0.2) is 11.2 Å². The number of aliphatic hydroxyl groups excluding tert-OH is 1. The Morgan fingerprint density at radius 2 is 1.56 bits per heavy atom. The van der Waals surface area contributed by atoms with Gasteiger partial charge in [-0.3, -0.25) is 0 Å². The second kappa shape index (κ2) is 8.11. The van der Waals surface area contributed by atoms with Crippen molar-refractivity contribution in [2.75, 3.05) is 0 Å². The molecule has 0 aromatic carbocycles. The third kappa shape index (κ3) is 5.34. The first-order valence-corrected chi connectivity index (χ1v) is 7.11. The van der Waals surface area contributed by atoms with Crippen LogP contribution in [-0.2, 0) is 0 Å². The Labute approximate surface area is 103 Å². The van der Waals surface area contributed by atoms with Gasteiger partial charge in [0.15, 0.2) is 0 Å². The van der Waals surface area contributed by atoms with E-state index in [2.05, 4.69) is 41.5 Å². The van der Waals surface area contributed by atoms with Gasteiger partial charge in [0, 0.05) is 0 Å². The van der Waals surface area contributed by atoms with Gasteiger partial charge in [0.2, 0.25) is 0 Å². The van der Waals surface area contributed by atoms with Crippen LogP contribution in [0.5, 0.6) is 0 Å². The van der Waals surface area contributed by atoms with E-state index in [1.54, 1.807) is 0 Å². The van der Waals surface area contributed by atoms with Gasteiger partial charge in [-0.2, -0.15) is 0 Å². The molecule has 0 aliphatic rings. The summed E-state index contributed by atoms with van der Waals surface area (Å²) in [6, 6.07) is 0. The second-order valence-corrected chi connectivity index (χ2v) is 5.91. The topological polar surface area (TPSA) is 20.2 Å². The van der Waals surface area contributed by atoms with E-state index in [1.165, 1.54) is 19.3 Å². The van der Waals surface area contributed by atoms with Gasteiger partial charge in [0.25, 0.3) is 0 Å². The molecule has 0 amide bonds. The highest BCUT2D eigenvalue weighted by Gasteiger charge is 2.27.